The standard InChI is InChI=1S/C21H20ClF2N5.CH3Cl/c1-13(28-18-8-25-17-4-2-14(22)6-16(17)18)27-15-3-5-19(26-7-15)29-11-20(12-29)9-21(23,24)10-20;1-2/h2-8,25,27-28H,1,9-12H2;1H3. The summed E-state index contributed by atoms with van der Waals surface area (Å²) in [7, 11) is 0. The number of anilines is 3. The molecule has 2 aromatic heterocycles. The first kappa shape index (κ1) is 21.7. The van der Waals surface area contributed by atoms with E-state index in [-0.39, 0.29) is 18.3 Å². The number of fused-ring (bicyclic) bond motifs is 1. The van der Waals surface area contributed by atoms with E-state index in [1.54, 1.807) is 6.20 Å². The monoisotopic (exact) mass is 465 g/mol. The van der Waals surface area contributed by atoms with E-state index < -0.39 is 5.92 Å². The molecule has 0 unspecified atom stereocenters. The smallest absolute Gasteiger partial charge is 0.249 e. The first-order valence-electron chi connectivity index (χ1n) is 9.77. The van der Waals surface area contributed by atoms with Crippen LogP contribution in [0.1, 0.15) is 12.8 Å². The maximum Gasteiger partial charge on any atom is 0.249 e. The van der Waals surface area contributed by atoms with Gasteiger partial charge < -0.3 is 20.5 Å². The molecular weight excluding hydrogens is 443 g/mol. The molecule has 0 amide bonds. The van der Waals surface area contributed by atoms with Crippen molar-refractivity contribution in [1.82, 2.24) is 9.97 Å². The van der Waals surface area contributed by atoms with E-state index in [0.717, 1.165) is 28.1 Å². The zero-order valence-electron chi connectivity index (χ0n) is 17.0. The van der Waals surface area contributed by atoms with Crippen LogP contribution in [0.25, 0.3) is 10.9 Å². The summed E-state index contributed by atoms with van der Waals surface area (Å²) < 4.78 is 26.3. The van der Waals surface area contributed by atoms with Crippen LogP contribution in [0.5, 0.6) is 0 Å². The topological polar surface area (TPSA) is 56.0 Å². The number of pyridine rings is 1. The molecule has 3 aromatic rings. The molecule has 1 aromatic carbocycles. The molecule has 5 rings (SSSR count). The Morgan fingerprint density at radius 2 is 1.90 bits per heavy atom. The Bertz CT molecular complexity index is 1080. The van der Waals surface area contributed by atoms with E-state index in [1.165, 1.54) is 6.38 Å². The van der Waals surface area contributed by atoms with Gasteiger partial charge in [0.05, 0.1) is 17.6 Å². The van der Waals surface area contributed by atoms with E-state index in [0.29, 0.717) is 23.9 Å². The number of rotatable bonds is 5. The van der Waals surface area contributed by atoms with Crippen LogP contribution in [-0.2, 0) is 0 Å². The summed E-state index contributed by atoms with van der Waals surface area (Å²) in [6, 6.07) is 9.44. The quantitative estimate of drug-likeness (QED) is 0.386. The minimum Gasteiger partial charge on any atom is -0.359 e. The number of halogens is 4. The second-order valence-electron chi connectivity index (χ2n) is 8.09. The van der Waals surface area contributed by atoms with Gasteiger partial charge in [-0.25, -0.2) is 13.8 Å². The van der Waals surface area contributed by atoms with Crippen molar-refractivity contribution in [2.75, 3.05) is 35.0 Å². The molecule has 1 spiro atoms. The van der Waals surface area contributed by atoms with Crippen LogP contribution in [0.3, 0.4) is 0 Å². The molecule has 3 N–H and O–H groups in total. The molecule has 164 valence electrons. The number of aromatic amines is 1. The molecule has 2 fully saturated rings. The maximum absolute atomic E-state index is 13.1. The summed E-state index contributed by atoms with van der Waals surface area (Å²) in [6.07, 6.45) is 5.05. The van der Waals surface area contributed by atoms with Crippen molar-refractivity contribution in [3.8, 4) is 0 Å². The molecule has 0 bridgehead atoms. The summed E-state index contributed by atoms with van der Waals surface area (Å²) in [4.78, 5) is 9.68. The second kappa shape index (κ2) is 8.20. The molecule has 0 atom stereocenters. The summed E-state index contributed by atoms with van der Waals surface area (Å²) >= 11 is 10.7. The highest BCUT2D eigenvalue weighted by Gasteiger charge is 2.61. The van der Waals surface area contributed by atoms with E-state index in [1.807, 2.05) is 41.4 Å². The third-order valence-corrected chi connectivity index (χ3v) is 5.85. The molecule has 2 aliphatic rings. The van der Waals surface area contributed by atoms with Crippen LogP contribution in [0.15, 0.2) is 55.1 Å². The van der Waals surface area contributed by atoms with E-state index >= 15 is 0 Å². The number of hydrogen-bond acceptors (Lipinski definition) is 4. The van der Waals surface area contributed by atoms with Gasteiger partial charge in [0.1, 0.15) is 11.6 Å². The van der Waals surface area contributed by atoms with Gasteiger partial charge in [0.2, 0.25) is 5.92 Å². The summed E-state index contributed by atoms with van der Waals surface area (Å²) in [5.74, 6) is -1.07. The van der Waals surface area contributed by atoms with Gasteiger partial charge >= 0.3 is 0 Å². The Balaban J connectivity index is 0.00000112. The number of nitrogens with zero attached hydrogens (tertiary/aromatic N) is 2. The summed E-state index contributed by atoms with van der Waals surface area (Å²) in [5.41, 5.74) is 2.43. The van der Waals surface area contributed by atoms with Gasteiger partial charge in [0, 0.05) is 59.9 Å². The van der Waals surface area contributed by atoms with Gasteiger partial charge in [-0.1, -0.05) is 18.2 Å². The zero-order chi connectivity index (χ0) is 22.2. The van der Waals surface area contributed by atoms with Crippen molar-refractivity contribution in [3.63, 3.8) is 0 Å². The fourth-order valence-corrected chi connectivity index (χ4v) is 4.58. The molecule has 5 nitrogen and oxygen atoms in total. The first-order valence-corrected chi connectivity index (χ1v) is 10.9. The molecule has 1 saturated carbocycles. The van der Waals surface area contributed by atoms with Crippen LogP contribution < -0.4 is 15.5 Å². The van der Waals surface area contributed by atoms with Crippen LogP contribution >= 0.6 is 23.2 Å². The lowest BCUT2D eigenvalue weighted by Gasteiger charge is -2.59. The van der Waals surface area contributed by atoms with Gasteiger partial charge in [-0.05, 0) is 30.3 Å². The van der Waals surface area contributed by atoms with Crippen LogP contribution in [0.2, 0.25) is 5.02 Å². The minimum atomic E-state index is -2.48. The third-order valence-electron chi connectivity index (χ3n) is 5.62. The Morgan fingerprint density at radius 3 is 2.55 bits per heavy atom. The van der Waals surface area contributed by atoms with E-state index in [4.69, 9.17) is 11.6 Å². The van der Waals surface area contributed by atoms with Crippen LogP contribution in [0, 0.1) is 5.41 Å². The molecule has 0 radical (unpaired) electrons. The SMILES string of the molecule is C=C(Nc1ccc(N2CC3(C2)CC(F)(F)C3)nc1)Nc1c[nH]c2ccc(Cl)cc12.CCl. The van der Waals surface area contributed by atoms with Crippen LogP contribution in [0.4, 0.5) is 26.0 Å². The van der Waals surface area contributed by atoms with Gasteiger partial charge in [-0.15, -0.1) is 11.6 Å². The predicted octanol–water partition coefficient (Wildman–Crippen LogP) is 6.30. The van der Waals surface area contributed by atoms with Gasteiger partial charge in [-0.3, -0.25) is 0 Å². The van der Waals surface area contributed by atoms with E-state index in [9.17, 15) is 8.78 Å². The highest BCUT2D eigenvalue weighted by Crippen LogP contribution is 2.57. The predicted molar refractivity (Wildman–Crippen MR) is 125 cm³/mol. The fraction of sp³-hybridized carbons (Fsp3) is 0.318. The molecule has 1 aliphatic heterocycles. The molecular formula is C22H23Cl2F2N5. The fourth-order valence-electron chi connectivity index (χ4n) is 4.41. The van der Waals surface area contributed by atoms with Crippen LogP contribution in [-0.4, -0.2) is 35.4 Å². The maximum atomic E-state index is 13.1. The molecule has 3 heterocycles. The Kier molecular flexibility index (Phi) is 5.75. The normalized spacial score (nSPS) is 17.9. The zero-order valence-corrected chi connectivity index (χ0v) is 18.5. The van der Waals surface area contributed by atoms with Crippen molar-refractivity contribution in [3.05, 3.63) is 60.1 Å². The lowest BCUT2D eigenvalue weighted by atomic mass is 9.61. The molecule has 9 heteroatoms. The number of H-pyrrole nitrogens is 1. The number of hydrogen-bond donors (Lipinski definition) is 3. The Labute approximate surface area is 189 Å². The number of alkyl halides is 3. The lowest BCUT2D eigenvalue weighted by Crippen LogP contribution is -2.66. The first-order chi connectivity index (χ1) is 14.8. The lowest BCUT2D eigenvalue weighted by molar-refractivity contribution is -0.170. The summed E-state index contributed by atoms with van der Waals surface area (Å²) in [6.45, 7) is 5.32. The van der Waals surface area contributed by atoms with Gasteiger partial charge in [0.25, 0.3) is 0 Å². The van der Waals surface area contributed by atoms with Crippen molar-refractivity contribution in [1.29, 1.82) is 0 Å². The summed E-state index contributed by atoms with van der Waals surface area (Å²) in [5, 5.41) is 8.05. The Morgan fingerprint density at radius 1 is 1.16 bits per heavy atom. The third kappa shape index (κ3) is 4.43. The minimum absolute atomic E-state index is 0.000676. The average Bonchev–Trinajstić information content (AvgIpc) is 3.08. The highest BCUT2D eigenvalue weighted by atomic mass is 35.5. The van der Waals surface area contributed by atoms with Crippen molar-refractivity contribution in [2.24, 2.45) is 5.41 Å². The number of nitrogens with one attached hydrogen (secondary N) is 3. The van der Waals surface area contributed by atoms with Crippen molar-refractivity contribution >= 4 is 51.3 Å². The molecule has 1 saturated heterocycles. The highest BCUT2D eigenvalue weighted by molar-refractivity contribution is 6.31. The Hall–Kier alpha value is -2.51. The van der Waals surface area contributed by atoms with Crippen molar-refractivity contribution < 1.29 is 8.78 Å². The van der Waals surface area contributed by atoms with Gasteiger partial charge in [-0.2, -0.15) is 0 Å². The largest absolute Gasteiger partial charge is 0.359 e. The molecule has 1 aliphatic carbocycles. The van der Waals surface area contributed by atoms with Crippen molar-refractivity contribution in [2.45, 2.75) is 18.8 Å². The number of aromatic nitrogens is 2. The van der Waals surface area contributed by atoms with Gasteiger partial charge in [0.15, 0.2) is 0 Å². The second-order valence-corrected chi connectivity index (χ2v) is 8.53. The van der Waals surface area contributed by atoms with E-state index in [2.05, 4.69) is 38.8 Å². The average molecular weight is 466 g/mol. The number of benzene rings is 1. The molecule has 31 heavy (non-hydrogen) atoms.